The van der Waals surface area contributed by atoms with Crippen LogP contribution in [0.25, 0.3) is 0 Å². The summed E-state index contributed by atoms with van der Waals surface area (Å²) in [7, 11) is 0. The number of carbonyl (C=O) groups excluding carboxylic acids is 1. The van der Waals surface area contributed by atoms with Crippen LogP contribution in [0.15, 0.2) is 36.5 Å². The number of nitrogens with one attached hydrogen (secondary N) is 1. The Morgan fingerprint density at radius 3 is 2.79 bits per heavy atom. The number of rotatable bonds is 2. The van der Waals surface area contributed by atoms with Gasteiger partial charge in [-0.05, 0) is 36.8 Å². The van der Waals surface area contributed by atoms with E-state index in [0.29, 0.717) is 16.9 Å². The molecule has 0 saturated heterocycles. The summed E-state index contributed by atoms with van der Waals surface area (Å²) >= 11 is 0. The van der Waals surface area contributed by atoms with E-state index in [0.717, 1.165) is 5.56 Å². The summed E-state index contributed by atoms with van der Waals surface area (Å²) in [6, 6.07) is 10.3. The first-order valence-corrected chi connectivity index (χ1v) is 5.64. The van der Waals surface area contributed by atoms with Crippen LogP contribution in [-0.4, -0.2) is 10.9 Å². The number of nitriles is 1. The number of aryl methyl sites for hydroxylation is 1. The molecule has 1 amide bonds. The van der Waals surface area contributed by atoms with E-state index in [1.807, 2.05) is 13.0 Å². The number of hydrogen-bond donors (Lipinski definition) is 2. The van der Waals surface area contributed by atoms with Gasteiger partial charge < -0.3 is 11.1 Å². The lowest BCUT2D eigenvalue weighted by Crippen LogP contribution is -2.14. The van der Waals surface area contributed by atoms with Crippen LogP contribution in [0.2, 0.25) is 0 Å². The van der Waals surface area contributed by atoms with Gasteiger partial charge in [0.1, 0.15) is 5.69 Å². The summed E-state index contributed by atoms with van der Waals surface area (Å²) in [5.41, 5.74) is 8.25. The molecule has 19 heavy (non-hydrogen) atoms. The predicted octanol–water partition coefficient (Wildman–Crippen LogP) is 2.10. The van der Waals surface area contributed by atoms with Crippen LogP contribution < -0.4 is 11.1 Å². The average molecular weight is 252 g/mol. The zero-order valence-electron chi connectivity index (χ0n) is 10.3. The Balaban J connectivity index is 2.24. The van der Waals surface area contributed by atoms with Crippen molar-refractivity contribution in [2.45, 2.75) is 6.92 Å². The van der Waals surface area contributed by atoms with Crippen molar-refractivity contribution in [3.8, 4) is 6.07 Å². The maximum Gasteiger partial charge on any atom is 0.274 e. The fourth-order valence-electron chi connectivity index (χ4n) is 1.55. The Hall–Kier alpha value is -2.87. The van der Waals surface area contributed by atoms with Crippen molar-refractivity contribution in [1.82, 2.24) is 4.98 Å². The topological polar surface area (TPSA) is 91.8 Å². The summed E-state index contributed by atoms with van der Waals surface area (Å²) in [6.45, 7) is 1.85. The van der Waals surface area contributed by atoms with Gasteiger partial charge in [0.25, 0.3) is 5.91 Å². The van der Waals surface area contributed by atoms with E-state index in [1.165, 1.54) is 6.20 Å². The molecule has 1 aromatic carbocycles. The lowest BCUT2D eigenvalue weighted by molar-refractivity contribution is 0.102. The number of nitrogens with two attached hydrogens (primary N) is 1. The summed E-state index contributed by atoms with van der Waals surface area (Å²) in [5, 5.41) is 11.6. The van der Waals surface area contributed by atoms with E-state index >= 15 is 0 Å². The molecule has 5 heteroatoms. The fraction of sp³-hybridized carbons (Fsp3) is 0.0714. The Morgan fingerprint density at radius 1 is 1.37 bits per heavy atom. The minimum absolute atomic E-state index is 0.274. The molecule has 94 valence electrons. The van der Waals surface area contributed by atoms with Crippen LogP contribution in [0.3, 0.4) is 0 Å². The van der Waals surface area contributed by atoms with Crippen LogP contribution in [-0.2, 0) is 0 Å². The quantitative estimate of drug-likeness (QED) is 0.856. The lowest BCUT2D eigenvalue weighted by atomic mass is 10.1. The third kappa shape index (κ3) is 2.87. The second-order valence-electron chi connectivity index (χ2n) is 4.07. The zero-order chi connectivity index (χ0) is 13.8. The summed E-state index contributed by atoms with van der Waals surface area (Å²) < 4.78 is 0. The first-order valence-electron chi connectivity index (χ1n) is 5.64. The van der Waals surface area contributed by atoms with Gasteiger partial charge in [-0.15, -0.1) is 0 Å². The highest BCUT2D eigenvalue weighted by atomic mass is 16.1. The molecular weight excluding hydrogens is 240 g/mol. The van der Waals surface area contributed by atoms with Gasteiger partial charge in [0.2, 0.25) is 0 Å². The molecule has 0 aliphatic rings. The number of amides is 1. The van der Waals surface area contributed by atoms with E-state index in [4.69, 9.17) is 11.0 Å². The van der Waals surface area contributed by atoms with Crippen molar-refractivity contribution in [3.63, 3.8) is 0 Å². The standard InChI is InChI=1S/C14H12N4O/c1-9-2-3-10(7-15)6-13(9)18-14(19)12-5-4-11(16)8-17-12/h2-6,8H,16H2,1H3,(H,18,19). The molecule has 1 aromatic heterocycles. The van der Waals surface area contributed by atoms with Crippen molar-refractivity contribution >= 4 is 17.3 Å². The van der Waals surface area contributed by atoms with Crippen molar-refractivity contribution in [3.05, 3.63) is 53.3 Å². The van der Waals surface area contributed by atoms with Crippen LogP contribution in [0.1, 0.15) is 21.6 Å². The molecule has 2 aromatic rings. The molecule has 0 fully saturated rings. The molecule has 0 unspecified atom stereocenters. The molecule has 0 bridgehead atoms. The van der Waals surface area contributed by atoms with E-state index in [2.05, 4.69) is 10.3 Å². The molecule has 0 saturated carbocycles. The highest BCUT2D eigenvalue weighted by Crippen LogP contribution is 2.17. The summed E-state index contributed by atoms with van der Waals surface area (Å²) in [4.78, 5) is 15.9. The normalized spacial score (nSPS) is 9.68. The molecule has 0 aliphatic heterocycles. The van der Waals surface area contributed by atoms with E-state index in [-0.39, 0.29) is 11.6 Å². The summed E-state index contributed by atoms with van der Waals surface area (Å²) in [6.07, 6.45) is 1.42. The van der Waals surface area contributed by atoms with Gasteiger partial charge in [-0.3, -0.25) is 4.79 Å². The van der Waals surface area contributed by atoms with Crippen molar-refractivity contribution in [2.75, 3.05) is 11.1 Å². The molecule has 3 N–H and O–H groups in total. The number of carbonyl (C=O) groups is 1. The molecular formula is C14H12N4O. The van der Waals surface area contributed by atoms with Gasteiger partial charge in [-0.1, -0.05) is 6.07 Å². The van der Waals surface area contributed by atoms with Gasteiger partial charge in [0.05, 0.1) is 23.5 Å². The minimum Gasteiger partial charge on any atom is -0.397 e. The fourth-order valence-corrected chi connectivity index (χ4v) is 1.55. The minimum atomic E-state index is -0.335. The third-order valence-electron chi connectivity index (χ3n) is 2.63. The number of benzene rings is 1. The number of anilines is 2. The average Bonchev–Trinajstić information content (AvgIpc) is 2.42. The van der Waals surface area contributed by atoms with Gasteiger partial charge in [-0.25, -0.2) is 4.98 Å². The molecule has 5 nitrogen and oxygen atoms in total. The second-order valence-corrected chi connectivity index (χ2v) is 4.07. The highest BCUT2D eigenvalue weighted by molar-refractivity contribution is 6.03. The maximum absolute atomic E-state index is 12.0. The van der Waals surface area contributed by atoms with E-state index in [9.17, 15) is 4.79 Å². The van der Waals surface area contributed by atoms with Gasteiger partial charge in [0, 0.05) is 5.69 Å². The van der Waals surface area contributed by atoms with Gasteiger partial charge >= 0.3 is 0 Å². The number of aromatic nitrogens is 1. The predicted molar refractivity (Wildman–Crippen MR) is 72.5 cm³/mol. The number of nitrogens with zero attached hydrogens (tertiary/aromatic N) is 2. The number of pyridine rings is 1. The van der Waals surface area contributed by atoms with Crippen LogP contribution >= 0.6 is 0 Å². The van der Waals surface area contributed by atoms with Crippen LogP contribution in [0, 0.1) is 18.3 Å². The molecule has 0 aliphatic carbocycles. The van der Waals surface area contributed by atoms with Crippen LogP contribution in [0.5, 0.6) is 0 Å². The number of hydrogen-bond acceptors (Lipinski definition) is 4. The molecule has 1 heterocycles. The van der Waals surface area contributed by atoms with E-state index in [1.54, 1.807) is 30.3 Å². The first-order chi connectivity index (χ1) is 9.10. The monoisotopic (exact) mass is 252 g/mol. The summed E-state index contributed by atoms with van der Waals surface area (Å²) in [5.74, 6) is -0.335. The Morgan fingerprint density at radius 2 is 2.16 bits per heavy atom. The molecule has 0 radical (unpaired) electrons. The molecule has 2 rings (SSSR count). The first kappa shape index (κ1) is 12.6. The second kappa shape index (κ2) is 5.19. The third-order valence-corrected chi connectivity index (χ3v) is 2.63. The number of nitrogen functional groups attached to an aromatic ring is 1. The SMILES string of the molecule is Cc1ccc(C#N)cc1NC(=O)c1ccc(N)cn1. The van der Waals surface area contributed by atoms with Crippen molar-refractivity contribution in [1.29, 1.82) is 5.26 Å². The van der Waals surface area contributed by atoms with Gasteiger partial charge in [-0.2, -0.15) is 5.26 Å². The Labute approximate surface area is 110 Å². The van der Waals surface area contributed by atoms with Crippen molar-refractivity contribution in [2.24, 2.45) is 0 Å². The smallest absolute Gasteiger partial charge is 0.274 e. The molecule has 0 spiro atoms. The Bertz CT molecular complexity index is 656. The molecule has 0 atom stereocenters. The van der Waals surface area contributed by atoms with Gasteiger partial charge in [0.15, 0.2) is 0 Å². The van der Waals surface area contributed by atoms with Crippen molar-refractivity contribution < 1.29 is 4.79 Å². The Kier molecular flexibility index (Phi) is 3.44. The largest absolute Gasteiger partial charge is 0.397 e. The van der Waals surface area contributed by atoms with Crippen LogP contribution in [0.4, 0.5) is 11.4 Å². The van der Waals surface area contributed by atoms with E-state index < -0.39 is 0 Å². The highest BCUT2D eigenvalue weighted by Gasteiger charge is 2.09. The zero-order valence-corrected chi connectivity index (χ0v) is 10.3. The lowest BCUT2D eigenvalue weighted by Gasteiger charge is -2.08. The maximum atomic E-state index is 12.0.